The molecular weight excluding hydrogens is 216 g/mol. The number of H-pyrrole nitrogens is 1. The highest BCUT2D eigenvalue weighted by atomic mass is 19.3. The van der Waals surface area contributed by atoms with Crippen LogP contribution in [0.1, 0.15) is 5.82 Å². The molecule has 16 heavy (non-hydrogen) atoms. The minimum Gasteiger partial charge on any atom is -0.361 e. The van der Waals surface area contributed by atoms with Gasteiger partial charge >= 0.3 is 0 Å². The number of hydrogen-bond acceptors (Lipinski definition) is 3. The van der Waals surface area contributed by atoms with Crippen LogP contribution in [0.25, 0.3) is 0 Å². The molecule has 0 aliphatic carbocycles. The molecule has 2 heterocycles. The van der Waals surface area contributed by atoms with Gasteiger partial charge in [0, 0.05) is 24.7 Å². The second kappa shape index (κ2) is 4.73. The molecule has 0 bridgehead atoms. The van der Waals surface area contributed by atoms with E-state index in [0.717, 1.165) is 5.82 Å². The first-order chi connectivity index (χ1) is 7.74. The number of aromatic amines is 1. The molecule has 2 N–H and O–H groups in total. The van der Waals surface area contributed by atoms with Crippen molar-refractivity contribution in [1.29, 1.82) is 0 Å². The second-order valence-corrected chi connectivity index (χ2v) is 3.20. The van der Waals surface area contributed by atoms with Crippen LogP contribution in [0.5, 0.6) is 0 Å². The highest BCUT2D eigenvalue weighted by Crippen LogP contribution is 2.05. The molecule has 0 spiro atoms. The normalized spacial score (nSPS) is 10.9. The third-order valence-electron chi connectivity index (χ3n) is 1.96. The molecule has 0 amide bonds. The number of halogens is 2. The van der Waals surface area contributed by atoms with E-state index >= 15 is 0 Å². The maximum atomic E-state index is 12.0. The van der Waals surface area contributed by atoms with Gasteiger partial charge in [0.1, 0.15) is 18.2 Å². The van der Waals surface area contributed by atoms with Gasteiger partial charge in [-0.15, -0.1) is 0 Å². The van der Waals surface area contributed by atoms with Crippen molar-refractivity contribution in [2.75, 3.05) is 5.32 Å². The van der Waals surface area contributed by atoms with Crippen LogP contribution < -0.4 is 5.32 Å². The first-order valence-corrected chi connectivity index (χ1v) is 4.78. The lowest BCUT2D eigenvalue weighted by molar-refractivity contribution is 0.122. The Kier molecular flexibility index (Phi) is 3.13. The fourth-order valence-electron chi connectivity index (χ4n) is 1.27. The van der Waals surface area contributed by atoms with E-state index in [1.165, 1.54) is 10.9 Å². The Bertz CT molecular complexity index is 423. The van der Waals surface area contributed by atoms with Crippen LogP contribution in [-0.2, 0) is 13.1 Å². The van der Waals surface area contributed by atoms with Gasteiger partial charge in [-0.3, -0.25) is 4.68 Å². The SMILES string of the molecule is FC(F)Cn1ccc(NCc2ncc[nH]2)n1. The molecule has 0 aliphatic rings. The molecular formula is C9H11F2N5. The zero-order chi connectivity index (χ0) is 11.4. The lowest BCUT2D eigenvalue weighted by atomic mass is 10.5. The monoisotopic (exact) mass is 227 g/mol. The Balaban J connectivity index is 1.88. The van der Waals surface area contributed by atoms with Crippen molar-refractivity contribution < 1.29 is 8.78 Å². The summed E-state index contributed by atoms with van der Waals surface area (Å²) in [5, 5.41) is 6.90. The topological polar surface area (TPSA) is 58.5 Å². The summed E-state index contributed by atoms with van der Waals surface area (Å²) in [5.41, 5.74) is 0. The number of alkyl halides is 2. The third-order valence-corrected chi connectivity index (χ3v) is 1.96. The summed E-state index contributed by atoms with van der Waals surface area (Å²) in [7, 11) is 0. The molecule has 2 rings (SSSR count). The smallest absolute Gasteiger partial charge is 0.257 e. The fourth-order valence-corrected chi connectivity index (χ4v) is 1.27. The van der Waals surface area contributed by atoms with Crippen LogP contribution in [-0.4, -0.2) is 26.2 Å². The van der Waals surface area contributed by atoms with E-state index in [1.807, 2.05) is 0 Å². The van der Waals surface area contributed by atoms with Crippen LogP contribution in [0.4, 0.5) is 14.6 Å². The summed E-state index contributed by atoms with van der Waals surface area (Å²) >= 11 is 0. The Morgan fingerprint density at radius 2 is 2.38 bits per heavy atom. The zero-order valence-electron chi connectivity index (χ0n) is 8.40. The number of imidazole rings is 1. The van der Waals surface area contributed by atoms with Gasteiger partial charge in [0.15, 0.2) is 0 Å². The maximum Gasteiger partial charge on any atom is 0.257 e. The van der Waals surface area contributed by atoms with E-state index in [1.54, 1.807) is 18.5 Å². The predicted molar refractivity (Wildman–Crippen MR) is 54.1 cm³/mol. The summed E-state index contributed by atoms with van der Waals surface area (Å²) in [6.45, 7) is 0.0983. The van der Waals surface area contributed by atoms with Crippen molar-refractivity contribution in [3.8, 4) is 0 Å². The summed E-state index contributed by atoms with van der Waals surface area (Å²) in [6.07, 6.45) is 2.48. The Morgan fingerprint density at radius 3 is 3.06 bits per heavy atom. The molecule has 0 radical (unpaired) electrons. The molecule has 0 saturated carbocycles. The molecule has 0 unspecified atom stereocenters. The summed E-state index contributed by atoms with van der Waals surface area (Å²) < 4.78 is 25.3. The second-order valence-electron chi connectivity index (χ2n) is 3.20. The van der Waals surface area contributed by atoms with E-state index in [0.29, 0.717) is 12.4 Å². The van der Waals surface area contributed by atoms with Crippen LogP contribution in [0.3, 0.4) is 0 Å². The van der Waals surface area contributed by atoms with Crippen molar-refractivity contribution in [3.05, 3.63) is 30.5 Å². The van der Waals surface area contributed by atoms with E-state index < -0.39 is 6.43 Å². The molecule has 86 valence electrons. The summed E-state index contributed by atoms with van der Waals surface area (Å²) in [6, 6.07) is 1.64. The summed E-state index contributed by atoms with van der Waals surface area (Å²) in [4.78, 5) is 6.93. The van der Waals surface area contributed by atoms with Crippen LogP contribution in [0, 0.1) is 0 Å². The minimum absolute atomic E-state index is 0.386. The van der Waals surface area contributed by atoms with Crippen molar-refractivity contribution in [2.24, 2.45) is 0 Å². The van der Waals surface area contributed by atoms with E-state index in [2.05, 4.69) is 20.4 Å². The average Bonchev–Trinajstić information content (AvgIpc) is 2.84. The van der Waals surface area contributed by atoms with E-state index in [4.69, 9.17) is 0 Å². The molecule has 5 nitrogen and oxygen atoms in total. The van der Waals surface area contributed by atoms with Gasteiger partial charge in [-0.25, -0.2) is 13.8 Å². The molecule has 0 aliphatic heterocycles. The van der Waals surface area contributed by atoms with Crippen molar-refractivity contribution in [1.82, 2.24) is 19.7 Å². The Labute approximate surface area is 90.5 Å². The van der Waals surface area contributed by atoms with Crippen molar-refractivity contribution >= 4 is 5.82 Å². The number of rotatable bonds is 5. The number of nitrogens with one attached hydrogen (secondary N) is 2. The van der Waals surface area contributed by atoms with Crippen molar-refractivity contribution in [3.63, 3.8) is 0 Å². The number of nitrogens with zero attached hydrogens (tertiary/aromatic N) is 3. The van der Waals surface area contributed by atoms with Gasteiger partial charge in [0.05, 0.1) is 6.54 Å². The van der Waals surface area contributed by atoms with Gasteiger partial charge in [0.25, 0.3) is 6.43 Å². The number of anilines is 1. The quantitative estimate of drug-likeness (QED) is 0.813. The number of hydrogen-bond donors (Lipinski definition) is 2. The zero-order valence-corrected chi connectivity index (χ0v) is 8.40. The van der Waals surface area contributed by atoms with Crippen LogP contribution in [0.2, 0.25) is 0 Å². The van der Waals surface area contributed by atoms with Gasteiger partial charge in [-0.05, 0) is 0 Å². The lowest BCUT2D eigenvalue weighted by Gasteiger charge is -2.00. The van der Waals surface area contributed by atoms with Gasteiger partial charge in [-0.1, -0.05) is 0 Å². The minimum atomic E-state index is -2.39. The highest BCUT2D eigenvalue weighted by molar-refractivity contribution is 5.32. The van der Waals surface area contributed by atoms with Crippen LogP contribution in [0.15, 0.2) is 24.7 Å². The molecule has 0 atom stereocenters. The Morgan fingerprint density at radius 1 is 1.50 bits per heavy atom. The molecule has 0 fully saturated rings. The Hall–Kier alpha value is -1.92. The largest absolute Gasteiger partial charge is 0.361 e. The molecule has 7 heteroatoms. The third kappa shape index (κ3) is 2.78. The standard InChI is InChI=1S/C9H11F2N5/c10-7(11)6-16-4-1-8(15-16)14-5-9-12-2-3-13-9/h1-4,7H,5-6H2,(H,12,13)(H,14,15). The number of aromatic nitrogens is 4. The molecule has 2 aromatic heterocycles. The first kappa shape index (κ1) is 10.6. The molecule has 0 aromatic carbocycles. The van der Waals surface area contributed by atoms with Crippen molar-refractivity contribution in [2.45, 2.75) is 19.5 Å². The van der Waals surface area contributed by atoms with Crippen LogP contribution >= 0.6 is 0 Å². The van der Waals surface area contributed by atoms with E-state index in [9.17, 15) is 8.78 Å². The maximum absolute atomic E-state index is 12.0. The highest BCUT2D eigenvalue weighted by Gasteiger charge is 2.05. The molecule has 2 aromatic rings. The first-order valence-electron chi connectivity index (χ1n) is 4.78. The van der Waals surface area contributed by atoms with Gasteiger partial charge in [-0.2, -0.15) is 5.10 Å². The molecule has 0 saturated heterocycles. The van der Waals surface area contributed by atoms with E-state index in [-0.39, 0.29) is 6.54 Å². The van der Waals surface area contributed by atoms with Gasteiger partial charge in [0.2, 0.25) is 0 Å². The summed E-state index contributed by atoms with van der Waals surface area (Å²) in [5.74, 6) is 1.32. The predicted octanol–water partition coefficient (Wildman–Crippen LogP) is 1.48. The fraction of sp³-hybridized carbons (Fsp3) is 0.333. The average molecular weight is 227 g/mol. The van der Waals surface area contributed by atoms with Gasteiger partial charge < -0.3 is 10.3 Å². The lowest BCUT2D eigenvalue weighted by Crippen LogP contribution is -2.08.